The number of pyridine rings is 1. The van der Waals surface area contributed by atoms with E-state index in [0.717, 1.165) is 10.6 Å². The summed E-state index contributed by atoms with van der Waals surface area (Å²) in [4.78, 5) is 28.5. The number of para-hydroxylation sites is 2. The first-order valence-electron chi connectivity index (χ1n) is 7.55. The number of thiocarbonyl (C=S) groups is 1. The number of nitrogens with two attached hydrogens (primary N) is 1. The molecule has 126 valence electrons. The molecule has 0 aliphatic heterocycles. The highest BCUT2D eigenvalue weighted by atomic mass is 32.1. The van der Waals surface area contributed by atoms with Gasteiger partial charge < -0.3 is 10.7 Å². The van der Waals surface area contributed by atoms with Gasteiger partial charge in [0.15, 0.2) is 5.11 Å². The lowest BCUT2D eigenvalue weighted by Gasteiger charge is -2.22. The van der Waals surface area contributed by atoms with Crippen LogP contribution in [-0.2, 0) is 0 Å². The molecule has 2 aromatic carbocycles. The van der Waals surface area contributed by atoms with E-state index in [-0.39, 0.29) is 16.1 Å². The molecule has 7 heteroatoms. The monoisotopic (exact) mass is 352 g/mol. The summed E-state index contributed by atoms with van der Waals surface area (Å²) in [6, 6.07) is 14.3. The van der Waals surface area contributed by atoms with Crippen molar-refractivity contribution in [1.29, 1.82) is 0 Å². The van der Waals surface area contributed by atoms with E-state index in [1.54, 1.807) is 36.4 Å². The molecule has 3 aromatic rings. The third-order valence-electron chi connectivity index (χ3n) is 3.79. The van der Waals surface area contributed by atoms with E-state index >= 15 is 0 Å². The number of aromatic nitrogens is 1. The topological polar surface area (TPSA) is 91.2 Å². The summed E-state index contributed by atoms with van der Waals surface area (Å²) < 4.78 is 0. The van der Waals surface area contributed by atoms with Gasteiger partial charge in [-0.15, -0.1) is 0 Å². The maximum absolute atomic E-state index is 12.8. The average Bonchev–Trinajstić information content (AvgIpc) is 2.61. The van der Waals surface area contributed by atoms with Crippen LogP contribution in [0.1, 0.15) is 15.9 Å². The van der Waals surface area contributed by atoms with Crippen molar-refractivity contribution in [3.05, 3.63) is 76.1 Å². The Kier molecular flexibility index (Phi) is 4.49. The molecular weight excluding hydrogens is 336 g/mol. The van der Waals surface area contributed by atoms with Crippen molar-refractivity contribution in [2.24, 2.45) is 5.73 Å². The molecule has 0 aliphatic rings. The number of nitrogens with one attached hydrogen (secondary N) is 2. The molecule has 0 spiro atoms. The Morgan fingerprint density at radius 2 is 1.88 bits per heavy atom. The molecule has 6 nitrogen and oxygen atoms in total. The number of aryl methyl sites for hydroxylation is 1. The second kappa shape index (κ2) is 6.74. The number of benzene rings is 2. The fourth-order valence-corrected chi connectivity index (χ4v) is 2.66. The van der Waals surface area contributed by atoms with E-state index in [1.807, 2.05) is 19.1 Å². The zero-order valence-electron chi connectivity index (χ0n) is 13.4. The fourth-order valence-electron chi connectivity index (χ4n) is 2.53. The molecule has 0 bridgehead atoms. The number of amides is 1. The molecule has 1 aromatic heterocycles. The number of hydrazine groups is 1. The van der Waals surface area contributed by atoms with Crippen LogP contribution in [0.25, 0.3) is 10.9 Å². The highest BCUT2D eigenvalue weighted by Crippen LogP contribution is 2.14. The minimum Gasteiger partial charge on any atom is -0.374 e. The van der Waals surface area contributed by atoms with Crippen molar-refractivity contribution < 1.29 is 4.79 Å². The summed E-state index contributed by atoms with van der Waals surface area (Å²) in [5, 5.41) is 1.24. The number of fused-ring (bicyclic) bond motifs is 1. The number of nitrogens with zero attached hydrogens (tertiary/aromatic N) is 1. The van der Waals surface area contributed by atoms with E-state index in [2.05, 4.69) is 10.4 Å². The third kappa shape index (κ3) is 3.22. The number of hydrogen-bond acceptors (Lipinski definition) is 4. The molecule has 0 atom stereocenters. The maximum Gasteiger partial charge on any atom is 0.284 e. The van der Waals surface area contributed by atoms with Crippen molar-refractivity contribution in [1.82, 2.24) is 9.99 Å². The van der Waals surface area contributed by atoms with Crippen LogP contribution in [0.15, 0.2) is 59.5 Å². The Bertz CT molecular complexity index is 1010. The molecular formula is C18H16N4O2S. The molecule has 4 N–H and O–H groups in total. The smallest absolute Gasteiger partial charge is 0.284 e. The van der Waals surface area contributed by atoms with E-state index in [4.69, 9.17) is 18.0 Å². The normalized spacial score (nSPS) is 10.4. The van der Waals surface area contributed by atoms with Gasteiger partial charge in [-0.05, 0) is 42.9 Å². The Morgan fingerprint density at radius 1 is 1.16 bits per heavy atom. The summed E-state index contributed by atoms with van der Waals surface area (Å²) in [6.07, 6.45) is 1.39. The van der Waals surface area contributed by atoms with Gasteiger partial charge in [-0.2, -0.15) is 5.01 Å². The van der Waals surface area contributed by atoms with Crippen molar-refractivity contribution >= 4 is 39.8 Å². The Labute approximate surface area is 149 Å². The number of aromatic amines is 1. The van der Waals surface area contributed by atoms with Gasteiger partial charge in [0.1, 0.15) is 5.56 Å². The molecule has 25 heavy (non-hydrogen) atoms. The summed E-state index contributed by atoms with van der Waals surface area (Å²) >= 11 is 4.96. The van der Waals surface area contributed by atoms with Gasteiger partial charge in [-0.3, -0.25) is 15.0 Å². The van der Waals surface area contributed by atoms with Gasteiger partial charge in [0.2, 0.25) is 5.43 Å². The number of H-pyrrole nitrogens is 1. The van der Waals surface area contributed by atoms with Gasteiger partial charge in [-0.25, -0.2) is 0 Å². The van der Waals surface area contributed by atoms with Crippen molar-refractivity contribution in [3.8, 4) is 0 Å². The minimum atomic E-state index is -0.624. The second-order valence-corrected chi connectivity index (χ2v) is 5.90. The Balaban J connectivity index is 2.03. The van der Waals surface area contributed by atoms with Crippen LogP contribution >= 0.6 is 12.2 Å². The summed E-state index contributed by atoms with van der Waals surface area (Å²) in [5.41, 5.74) is 10.3. The lowest BCUT2D eigenvalue weighted by atomic mass is 10.1. The zero-order chi connectivity index (χ0) is 18.0. The van der Waals surface area contributed by atoms with Gasteiger partial charge >= 0.3 is 0 Å². The maximum atomic E-state index is 12.8. The number of rotatable bonds is 3. The first-order valence-corrected chi connectivity index (χ1v) is 7.96. The number of carbonyl (C=O) groups excluding carboxylic acids is 1. The molecule has 0 fully saturated rings. The molecule has 3 rings (SSSR count). The van der Waals surface area contributed by atoms with E-state index in [0.29, 0.717) is 16.6 Å². The van der Waals surface area contributed by atoms with Gasteiger partial charge in [-0.1, -0.05) is 30.3 Å². The number of carbonyl (C=O) groups is 1. The largest absolute Gasteiger partial charge is 0.374 e. The summed E-state index contributed by atoms with van der Waals surface area (Å²) in [5.74, 6) is -0.624. The molecule has 0 saturated carbocycles. The minimum absolute atomic E-state index is 0.0469. The first kappa shape index (κ1) is 16.7. The van der Waals surface area contributed by atoms with Crippen molar-refractivity contribution in [3.63, 3.8) is 0 Å². The highest BCUT2D eigenvalue weighted by Gasteiger charge is 2.22. The van der Waals surface area contributed by atoms with E-state index in [1.165, 1.54) is 6.20 Å². The van der Waals surface area contributed by atoms with Crippen LogP contribution in [-0.4, -0.2) is 21.0 Å². The van der Waals surface area contributed by atoms with Gasteiger partial charge in [0, 0.05) is 11.6 Å². The zero-order valence-corrected chi connectivity index (χ0v) is 14.3. The molecule has 1 heterocycles. The standard InChI is InChI=1S/C18H16N4O2S/c1-11-6-5-9-13-15(11)20-10-14(16(13)23)17(24)22(18(19)25)21-12-7-3-2-4-8-12/h2-10,21H,1H3,(H2,19,25)(H,20,23). The lowest BCUT2D eigenvalue weighted by Crippen LogP contribution is -2.46. The van der Waals surface area contributed by atoms with Crippen LogP contribution in [0.5, 0.6) is 0 Å². The lowest BCUT2D eigenvalue weighted by molar-refractivity contribution is 0.0869. The second-order valence-electron chi connectivity index (χ2n) is 5.49. The highest BCUT2D eigenvalue weighted by molar-refractivity contribution is 7.80. The Morgan fingerprint density at radius 3 is 2.56 bits per heavy atom. The molecule has 1 amide bonds. The van der Waals surface area contributed by atoms with Crippen LogP contribution < -0.4 is 16.6 Å². The van der Waals surface area contributed by atoms with E-state index in [9.17, 15) is 9.59 Å². The third-order valence-corrected chi connectivity index (χ3v) is 3.97. The quantitative estimate of drug-likeness (QED) is 0.498. The van der Waals surface area contributed by atoms with Crippen LogP contribution in [0, 0.1) is 6.92 Å². The molecule has 0 aliphatic carbocycles. The van der Waals surface area contributed by atoms with Crippen LogP contribution in [0.2, 0.25) is 0 Å². The average molecular weight is 352 g/mol. The number of anilines is 1. The van der Waals surface area contributed by atoms with Crippen LogP contribution in [0.4, 0.5) is 5.69 Å². The Hall–Kier alpha value is -3.19. The van der Waals surface area contributed by atoms with Gasteiger partial charge in [0.05, 0.1) is 11.2 Å². The van der Waals surface area contributed by atoms with Crippen molar-refractivity contribution in [2.75, 3.05) is 5.43 Å². The molecule has 0 unspecified atom stereocenters. The predicted molar refractivity (Wildman–Crippen MR) is 102 cm³/mol. The number of hydrogen-bond donors (Lipinski definition) is 3. The van der Waals surface area contributed by atoms with Crippen molar-refractivity contribution in [2.45, 2.75) is 6.92 Å². The predicted octanol–water partition coefficient (Wildman–Crippen LogP) is 2.55. The first-order chi connectivity index (χ1) is 12.0. The van der Waals surface area contributed by atoms with E-state index < -0.39 is 5.91 Å². The molecule has 0 radical (unpaired) electrons. The SMILES string of the molecule is Cc1cccc2c(=O)c(C(=O)N(Nc3ccccc3)C(N)=S)c[nH]c12. The summed E-state index contributed by atoms with van der Waals surface area (Å²) in [6.45, 7) is 1.89. The summed E-state index contributed by atoms with van der Waals surface area (Å²) in [7, 11) is 0. The fraction of sp³-hybridized carbons (Fsp3) is 0.0556. The van der Waals surface area contributed by atoms with Crippen LogP contribution in [0.3, 0.4) is 0 Å². The van der Waals surface area contributed by atoms with Gasteiger partial charge in [0.25, 0.3) is 5.91 Å². The molecule has 0 saturated heterocycles.